The molecule has 0 unspecified atom stereocenters. The van der Waals surface area contributed by atoms with Crippen LogP contribution < -0.4 is 11.1 Å². The van der Waals surface area contributed by atoms with Gasteiger partial charge in [-0.3, -0.25) is 0 Å². The van der Waals surface area contributed by atoms with Gasteiger partial charge in [-0.15, -0.1) is 5.10 Å². The number of anilines is 3. The van der Waals surface area contributed by atoms with Gasteiger partial charge in [-0.25, -0.2) is 0 Å². The van der Waals surface area contributed by atoms with Crippen molar-refractivity contribution in [1.82, 2.24) is 14.2 Å². The van der Waals surface area contributed by atoms with Crippen LogP contribution in [0.15, 0.2) is 59.5 Å². The third-order valence-electron chi connectivity index (χ3n) is 4.10. The molecule has 4 rings (SSSR count). The summed E-state index contributed by atoms with van der Waals surface area (Å²) in [5.41, 5.74) is 7.66. The second-order valence-corrected chi connectivity index (χ2v) is 7.37. The number of benzene rings is 3. The molecule has 0 saturated carbocycles. The molecule has 1 aromatic heterocycles. The summed E-state index contributed by atoms with van der Waals surface area (Å²) in [4.78, 5) is 5.16. The quantitative estimate of drug-likeness (QED) is 0.493. The van der Waals surface area contributed by atoms with Gasteiger partial charge in [0.15, 0.2) is 0 Å². The smallest absolute Gasteiger partial charge is 0.249 e. The Hall–Kier alpha value is -3.72. The fourth-order valence-electron chi connectivity index (χ4n) is 2.74. The zero-order valence-electron chi connectivity index (χ0n) is 14.8. The molecule has 0 spiro atoms. The van der Waals surface area contributed by atoms with Crippen LogP contribution in [0.1, 0.15) is 11.1 Å². The molecule has 140 valence electrons. The van der Waals surface area contributed by atoms with E-state index in [2.05, 4.69) is 21.5 Å². The van der Waals surface area contributed by atoms with E-state index in [0.717, 1.165) is 15.7 Å². The summed E-state index contributed by atoms with van der Waals surface area (Å²) < 4.78 is 1.51. The van der Waals surface area contributed by atoms with Gasteiger partial charge in [-0.05, 0) is 47.2 Å². The summed E-state index contributed by atoms with van der Waals surface area (Å²) in [6.07, 6.45) is 0. The first-order valence-electron chi connectivity index (χ1n) is 8.38. The minimum absolute atomic E-state index is 0.225. The Morgan fingerprint density at radius 1 is 1.07 bits per heavy atom. The predicted molar refractivity (Wildman–Crippen MR) is 114 cm³/mol. The van der Waals surface area contributed by atoms with Crippen molar-refractivity contribution in [2.24, 2.45) is 0 Å². The molecule has 1 heterocycles. The number of halogens is 1. The van der Waals surface area contributed by atoms with Crippen molar-refractivity contribution in [1.29, 1.82) is 10.5 Å². The van der Waals surface area contributed by atoms with Crippen LogP contribution >= 0.6 is 23.5 Å². The third-order valence-corrected chi connectivity index (χ3v) is 5.41. The Bertz CT molecular complexity index is 1320. The van der Waals surface area contributed by atoms with E-state index in [0.29, 0.717) is 27.8 Å². The van der Waals surface area contributed by atoms with E-state index in [-0.39, 0.29) is 5.95 Å². The summed E-state index contributed by atoms with van der Waals surface area (Å²) in [7, 11) is 0. The van der Waals surface area contributed by atoms with E-state index >= 15 is 0 Å². The molecule has 0 radical (unpaired) electrons. The van der Waals surface area contributed by atoms with Crippen LogP contribution in [0.25, 0.3) is 10.8 Å². The molecule has 3 aromatic carbocycles. The molecule has 0 fully saturated rings. The number of nitrogens with zero attached hydrogens (tertiary/aromatic N) is 5. The lowest BCUT2D eigenvalue weighted by molar-refractivity contribution is 1.02. The van der Waals surface area contributed by atoms with Gasteiger partial charge in [0.2, 0.25) is 11.9 Å². The van der Waals surface area contributed by atoms with Gasteiger partial charge in [0.25, 0.3) is 0 Å². The maximum absolute atomic E-state index is 9.08. The number of nitriles is 2. The van der Waals surface area contributed by atoms with Crippen molar-refractivity contribution in [3.8, 4) is 12.1 Å². The summed E-state index contributed by atoms with van der Waals surface area (Å²) in [6, 6.07) is 20.5. The lowest BCUT2D eigenvalue weighted by Crippen LogP contribution is -1.97. The molecular formula is C20H12ClN7S. The van der Waals surface area contributed by atoms with Crippen LogP contribution in [0.4, 0.5) is 17.6 Å². The van der Waals surface area contributed by atoms with Gasteiger partial charge in [0, 0.05) is 22.5 Å². The third kappa shape index (κ3) is 3.81. The molecule has 0 aliphatic carbocycles. The molecular weight excluding hydrogens is 406 g/mol. The van der Waals surface area contributed by atoms with Crippen LogP contribution in [0, 0.1) is 22.7 Å². The monoisotopic (exact) mass is 417 g/mol. The van der Waals surface area contributed by atoms with Crippen molar-refractivity contribution in [2.75, 3.05) is 11.1 Å². The highest BCUT2D eigenvalue weighted by atomic mass is 35.5. The van der Waals surface area contributed by atoms with Gasteiger partial charge in [0.05, 0.1) is 22.2 Å². The largest absolute Gasteiger partial charge is 0.367 e. The van der Waals surface area contributed by atoms with E-state index in [1.165, 1.54) is 16.0 Å². The molecule has 3 N–H and O–H groups in total. The maximum atomic E-state index is 9.08. The number of nitrogens with one attached hydrogen (secondary N) is 1. The Kier molecular flexibility index (Phi) is 4.96. The first kappa shape index (κ1) is 18.6. The molecule has 0 aliphatic heterocycles. The summed E-state index contributed by atoms with van der Waals surface area (Å²) >= 11 is 7.38. The van der Waals surface area contributed by atoms with Crippen LogP contribution in [0.3, 0.4) is 0 Å². The first-order chi connectivity index (χ1) is 14.1. The number of hydrogen-bond acceptors (Lipinski definition) is 7. The summed E-state index contributed by atoms with van der Waals surface area (Å²) in [5, 5.41) is 27.7. The first-order valence-corrected chi connectivity index (χ1v) is 9.53. The van der Waals surface area contributed by atoms with Crippen LogP contribution in [0.5, 0.6) is 0 Å². The van der Waals surface area contributed by atoms with Crippen LogP contribution in [-0.4, -0.2) is 14.2 Å². The predicted octanol–water partition coefficient (Wildman–Crippen LogP) is 4.71. The van der Waals surface area contributed by atoms with Crippen LogP contribution in [0.2, 0.25) is 5.02 Å². The molecule has 0 saturated heterocycles. The van der Waals surface area contributed by atoms with Gasteiger partial charge in [-0.1, -0.05) is 29.8 Å². The summed E-state index contributed by atoms with van der Waals surface area (Å²) in [5.74, 6) is 0.533. The zero-order chi connectivity index (χ0) is 20.4. The molecule has 0 aliphatic rings. The van der Waals surface area contributed by atoms with Gasteiger partial charge in [0.1, 0.15) is 6.07 Å². The fourth-order valence-corrected chi connectivity index (χ4v) is 3.83. The topological polar surface area (TPSA) is 116 Å². The van der Waals surface area contributed by atoms with E-state index in [1.54, 1.807) is 24.3 Å². The second kappa shape index (κ2) is 7.72. The molecule has 4 aromatic rings. The number of hydrogen-bond donors (Lipinski definition) is 2. The zero-order valence-corrected chi connectivity index (χ0v) is 16.4. The van der Waals surface area contributed by atoms with Gasteiger partial charge < -0.3 is 11.1 Å². The minimum atomic E-state index is 0.225. The Morgan fingerprint density at radius 2 is 1.93 bits per heavy atom. The fraction of sp³-hybridized carbons (Fsp3) is 0. The average Bonchev–Trinajstić information content (AvgIpc) is 3.06. The van der Waals surface area contributed by atoms with Gasteiger partial charge in [-0.2, -0.15) is 19.6 Å². The Balaban J connectivity index is 1.61. The Morgan fingerprint density at radius 3 is 2.69 bits per heavy atom. The average molecular weight is 418 g/mol. The number of fused-ring (bicyclic) bond motifs is 1. The highest BCUT2D eigenvalue weighted by Gasteiger charge is 2.12. The molecule has 0 atom stereocenters. The highest BCUT2D eigenvalue weighted by molar-refractivity contribution is 7.98. The number of nitrogens with two attached hydrogens (primary N) is 1. The molecule has 0 bridgehead atoms. The molecule has 0 amide bonds. The van der Waals surface area contributed by atoms with Crippen molar-refractivity contribution >= 4 is 51.9 Å². The van der Waals surface area contributed by atoms with Crippen molar-refractivity contribution in [3.05, 3.63) is 70.7 Å². The van der Waals surface area contributed by atoms with E-state index in [4.69, 9.17) is 27.9 Å². The Labute approximate surface area is 175 Å². The maximum Gasteiger partial charge on any atom is 0.249 e. The molecule has 9 heteroatoms. The lowest BCUT2D eigenvalue weighted by atomic mass is 10.1. The molecule has 7 nitrogen and oxygen atoms in total. The number of aromatic nitrogens is 3. The number of nitrogen functional groups attached to an aromatic ring is 1. The van der Waals surface area contributed by atoms with E-state index in [9.17, 15) is 0 Å². The van der Waals surface area contributed by atoms with Crippen LogP contribution in [-0.2, 0) is 0 Å². The number of rotatable bonds is 4. The lowest BCUT2D eigenvalue weighted by Gasteiger charge is -2.06. The van der Waals surface area contributed by atoms with Gasteiger partial charge >= 0.3 is 0 Å². The minimum Gasteiger partial charge on any atom is -0.367 e. The van der Waals surface area contributed by atoms with E-state index < -0.39 is 0 Å². The SMILES string of the molecule is N#Cc1ccc2c(Sn3nc(Nc4ccc(C#N)c(Cl)c4)nc3N)cccc2c1. The highest BCUT2D eigenvalue weighted by Crippen LogP contribution is 2.31. The summed E-state index contributed by atoms with van der Waals surface area (Å²) in [6.45, 7) is 0. The van der Waals surface area contributed by atoms with E-state index in [1.807, 2.05) is 36.4 Å². The van der Waals surface area contributed by atoms with Crippen molar-refractivity contribution < 1.29 is 0 Å². The molecule has 29 heavy (non-hydrogen) atoms. The standard InChI is InChI=1S/C20H12ClN7S/c21-17-9-15(6-5-14(17)11-23)25-20-26-19(24)28(27-20)29-18-3-1-2-13-8-12(10-22)4-7-16(13)18/h1-9H,(H3,24,25,26,27). The second-order valence-electron chi connectivity index (χ2n) is 5.99. The van der Waals surface area contributed by atoms with Crippen molar-refractivity contribution in [3.63, 3.8) is 0 Å². The normalized spacial score (nSPS) is 10.4. The van der Waals surface area contributed by atoms with Crippen molar-refractivity contribution in [2.45, 2.75) is 4.90 Å².